The van der Waals surface area contributed by atoms with Crippen molar-refractivity contribution in [2.45, 2.75) is 64.0 Å². The third-order valence-corrected chi connectivity index (χ3v) is 7.74. The van der Waals surface area contributed by atoms with Gasteiger partial charge in [-0.2, -0.15) is 0 Å². The molecule has 35 heavy (non-hydrogen) atoms. The van der Waals surface area contributed by atoms with E-state index < -0.39 is 0 Å². The first-order valence-corrected chi connectivity index (χ1v) is 13.0. The van der Waals surface area contributed by atoms with E-state index in [9.17, 15) is 4.79 Å². The highest BCUT2D eigenvalue weighted by Gasteiger charge is 2.30. The van der Waals surface area contributed by atoms with Gasteiger partial charge in [-0.3, -0.25) is 9.20 Å². The molecule has 0 radical (unpaired) electrons. The van der Waals surface area contributed by atoms with Gasteiger partial charge >= 0.3 is 0 Å². The second kappa shape index (κ2) is 9.29. The van der Waals surface area contributed by atoms with Crippen LogP contribution in [0.4, 0.5) is 0 Å². The number of hydrogen-bond donors (Lipinski definition) is 1. The van der Waals surface area contributed by atoms with Crippen molar-refractivity contribution in [2.24, 2.45) is 0 Å². The van der Waals surface area contributed by atoms with Crippen molar-refractivity contribution in [3.8, 4) is 28.1 Å². The number of aryl methyl sites for hydroxylation is 2. The van der Waals surface area contributed by atoms with Crippen molar-refractivity contribution in [2.75, 3.05) is 7.11 Å². The Morgan fingerprint density at radius 3 is 2.43 bits per heavy atom. The Balaban J connectivity index is 1.55. The Morgan fingerprint density at radius 1 is 0.914 bits per heavy atom. The first kappa shape index (κ1) is 22.0. The molecule has 4 aromatic rings. The predicted octanol–water partition coefficient (Wildman–Crippen LogP) is 6.48. The second-order valence-corrected chi connectivity index (χ2v) is 9.92. The molecule has 1 N–H and O–H groups in total. The van der Waals surface area contributed by atoms with Gasteiger partial charge in [0.15, 0.2) is 0 Å². The van der Waals surface area contributed by atoms with E-state index in [4.69, 9.17) is 4.74 Å². The number of aromatic nitrogens is 2. The topological polar surface area (TPSA) is 47.7 Å². The summed E-state index contributed by atoms with van der Waals surface area (Å²) in [5.74, 6) is 0.901. The first-order valence-electron chi connectivity index (χ1n) is 13.0. The maximum absolute atomic E-state index is 13.9. The number of imidazole rings is 1. The fourth-order valence-electron chi connectivity index (χ4n) is 6.02. The molecule has 6 rings (SSSR count). The van der Waals surface area contributed by atoms with Crippen LogP contribution in [0.2, 0.25) is 0 Å². The van der Waals surface area contributed by atoms with Gasteiger partial charge in [0.25, 0.3) is 5.91 Å². The zero-order valence-electron chi connectivity index (χ0n) is 20.4. The molecule has 1 aliphatic heterocycles. The number of amides is 1. The van der Waals surface area contributed by atoms with Crippen LogP contribution >= 0.6 is 0 Å². The Labute approximate surface area is 206 Å². The molecule has 0 atom stereocenters. The Bertz CT molecular complexity index is 1340. The summed E-state index contributed by atoms with van der Waals surface area (Å²) in [5, 5.41) is 3.41. The minimum atomic E-state index is 0.0519. The standard InChI is InChI=1S/C30H33N3O2/c1-35-24-17-15-21(16-18-24)26-20-33-28(29(34)31-23-12-6-3-7-13-23)27(22-10-4-2-5-11-22)25-14-8-9-19-32(26)30(25)33/h2,4-5,10-11,15-18,20,23H,3,6-9,12-14,19H2,1H3,(H,31,34). The van der Waals surface area contributed by atoms with E-state index in [-0.39, 0.29) is 11.9 Å². The highest BCUT2D eigenvalue weighted by molar-refractivity contribution is 6.03. The summed E-state index contributed by atoms with van der Waals surface area (Å²) in [5.41, 5.74) is 7.76. The molecule has 1 saturated carbocycles. The van der Waals surface area contributed by atoms with Crippen LogP contribution in [-0.4, -0.2) is 28.0 Å². The first-order chi connectivity index (χ1) is 17.2. The van der Waals surface area contributed by atoms with E-state index in [0.717, 1.165) is 72.5 Å². The summed E-state index contributed by atoms with van der Waals surface area (Å²) in [7, 11) is 1.69. The Morgan fingerprint density at radius 2 is 1.69 bits per heavy atom. The van der Waals surface area contributed by atoms with Crippen molar-refractivity contribution in [1.82, 2.24) is 14.3 Å². The van der Waals surface area contributed by atoms with Gasteiger partial charge < -0.3 is 14.6 Å². The van der Waals surface area contributed by atoms with Gasteiger partial charge in [0.1, 0.15) is 17.1 Å². The lowest BCUT2D eigenvalue weighted by atomic mass is 9.94. The van der Waals surface area contributed by atoms with Crippen molar-refractivity contribution < 1.29 is 9.53 Å². The molecule has 2 aliphatic rings. The van der Waals surface area contributed by atoms with Gasteiger partial charge in [-0.15, -0.1) is 0 Å². The number of rotatable bonds is 5. The Kier molecular flexibility index (Phi) is 5.85. The molecule has 180 valence electrons. The number of nitrogens with zero attached hydrogens (tertiary/aromatic N) is 2. The molecule has 0 spiro atoms. The smallest absolute Gasteiger partial charge is 0.269 e. The number of methoxy groups -OCH3 is 1. The van der Waals surface area contributed by atoms with Gasteiger partial charge in [-0.1, -0.05) is 49.6 Å². The fourth-order valence-corrected chi connectivity index (χ4v) is 6.02. The lowest BCUT2D eigenvalue weighted by Crippen LogP contribution is -2.37. The highest BCUT2D eigenvalue weighted by Crippen LogP contribution is 2.39. The van der Waals surface area contributed by atoms with Gasteiger partial charge in [0.05, 0.1) is 12.8 Å². The summed E-state index contributed by atoms with van der Waals surface area (Å²) in [6, 6.07) is 19.0. The zero-order valence-corrected chi connectivity index (χ0v) is 20.4. The highest BCUT2D eigenvalue weighted by atomic mass is 16.5. The Hall–Kier alpha value is -3.47. The summed E-state index contributed by atoms with van der Waals surface area (Å²) in [4.78, 5) is 13.9. The average molecular weight is 468 g/mol. The lowest BCUT2D eigenvalue weighted by Gasteiger charge is -2.23. The molecule has 0 saturated heterocycles. The lowest BCUT2D eigenvalue weighted by molar-refractivity contribution is 0.0922. The maximum Gasteiger partial charge on any atom is 0.269 e. The molecular weight excluding hydrogens is 434 g/mol. The minimum Gasteiger partial charge on any atom is -0.497 e. The van der Waals surface area contributed by atoms with Crippen LogP contribution in [0.5, 0.6) is 5.75 Å². The van der Waals surface area contributed by atoms with Gasteiger partial charge in [0.2, 0.25) is 0 Å². The van der Waals surface area contributed by atoms with E-state index in [2.05, 4.69) is 56.9 Å². The van der Waals surface area contributed by atoms with Crippen molar-refractivity contribution >= 4 is 11.6 Å². The number of carbonyl (C=O) groups excluding carboxylic acids is 1. The van der Waals surface area contributed by atoms with E-state index in [0.29, 0.717) is 0 Å². The summed E-state index contributed by atoms with van der Waals surface area (Å²) in [6.07, 6.45) is 11.2. The van der Waals surface area contributed by atoms with Crippen LogP contribution in [0.1, 0.15) is 61.0 Å². The third-order valence-electron chi connectivity index (χ3n) is 7.74. The van der Waals surface area contributed by atoms with E-state index in [1.165, 1.54) is 30.5 Å². The largest absolute Gasteiger partial charge is 0.497 e. The molecule has 0 bridgehead atoms. The second-order valence-electron chi connectivity index (χ2n) is 9.92. The maximum atomic E-state index is 13.9. The quantitative estimate of drug-likeness (QED) is 0.365. The van der Waals surface area contributed by atoms with Crippen LogP contribution in [-0.2, 0) is 13.0 Å². The SMILES string of the molecule is COc1ccc(-c2cn3c(C(=O)NC4CCCCC4)c(-c4ccccc4)c4c3n2CCCC4)cc1. The molecule has 1 aliphatic carbocycles. The molecule has 2 aromatic carbocycles. The summed E-state index contributed by atoms with van der Waals surface area (Å²) < 4.78 is 9.98. The number of benzene rings is 2. The number of nitrogens with one attached hydrogen (secondary N) is 1. The van der Waals surface area contributed by atoms with Crippen LogP contribution in [0.3, 0.4) is 0 Å². The molecular formula is C30H33N3O2. The van der Waals surface area contributed by atoms with Gasteiger partial charge in [0, 0.05) is 29.9 Å². The normalized spacial score (nSPS) is 16.3. The van der Waals surface area contributed by atoms with Crippen LogP contribution < -0.4 is 10.1 Å². The molecule has 1 fully saturated rings. The number of ether oxygens (including phenoxy) is 1. The summed E-state index contributed by atoms with van der Waals surface area (Å²) in [6.45, 7) is 0.951. The molecule has 0 unspecified atom stereocenters. The van der Waals surface area contributed by atoms with Crippen LogP contribution in [0.25, 0.3) is 28.0 Å². The van der Waals surface area contributed by atoms with Crippen LogP contribution in [0, 0.1) is 0 Å². The van der Waals surface area contributed by atoms with Gasteiger partial charge in [-0.05, 0) is 67.5 Å². The minimum absolute atomic E-state index is 0.0519. The molecule has 5 nitrogen and oxygen atoms in total. The van der Waals surface area contributed by atoms with Crippen LogP contribution in [0.15, 0.2) is 60.8 Å². The fraction of sp³-hybridized carbons (Fsp3) is 0.367. The third kappa shape index (κ3) is 3.93. The van der Waals surface area contributed by atoms with E-state index >= 15 is 0 Å². The van der Waals surface area contributed by atoms with Crippen molar-refractivity contribution in [3.63, 3.8) is 0 Å². The van der Waals surface area contributed by atoms with Gasteiger partial charge in [-0.25, -0.2) is 0 Å². The monoisotopic (exact) mass is 467 g/mol. The van der Waals surface area contributed by atoms with Crippen molar-refractivity contribution in [1.29, 1.82) is 0 Å². The number of hydrogen-bond acceptors (Lipinski definition) is 2. The molecule has 2 aromatic heterocycles. The summed E-state index contributed by atoms with van der Waals surface area (Å²) >= 11 is 0. The average Bonchev–Trinajstić information content (AvgIpc) is 3.33. The molecule has 1 amide bonds. The van der Waals surface area contributed by atoms with Crippen molar-refractivity contribution in [3.05, 3.63) is 72.1 Å². The predicted molar refractivity (Wildman–Crippen MR) is 140 cm³/mol. The zero-order chi connectivity index (χ0) is 23.8. The van der Waals surface area contributed by atoms with E-state index in [1.54, 1.807) is 7.11 Å². The molecule has 5 heteroatoms. The number of carbonyl (C=O) groups is 1. The molecule has 3 heterocycles. The van der Waals surface area contributed by atoms with E-state index in [1.807, 2.05) is 18.2 Å².